The van der Waals surface area contributed by atoms with Crippen molar-refractivity contribution in [2.75, 3.05) is 7.11 Å². The van der Waals surface area contributed by atoms with Gasteiger partial charge in [-0.2, -0.15) is 0 Å². The molecule has 172 valence electrons. The Morgan fingerprint density at radius 3 is 2.26 bits per heavy atom. The van der Waals surface area contributed by atoms with Gasteiger partial charge in [-0.1, -0.05) is 67.8 Å². The molecule has 1 atom stereocenters. The van der Waals surface area contributed by atoms with Gasteiger partial charge < -0.3 is 14.0 Å². The largest absolute Gasteiger partial charge is 0.497 e. The van der Waals surface area contributed by atoms with E-state index in [1.807, 2.05) is 0 Å². The Hall–Kier alpha value is -3.46. The second-order valence-electron chi connectivity index (χ2n) is 9.53. The number of nitrogens with zero attached hydrogens (tertiary/aromatic N) is 1. The molecule has 0 radical (unpaired) electrons. The van der Waals surface area contributed by atoms with Crippen molar-refractivity contribution in [3.05, 3.63) is 95.7 Å². The molecule has 2 aliphatic rings. The fourth-order valence-electron chi connectivity index (χ4n) is 5.96. The molecule has 0 saturated heterocycles. The van der Waals surface area contributed by atoms with E-state index < -0.39 is 0 Å². The van der Waals surface area contributed by atoms with Crippen molar-refractivity contribution < 1.29 is 9.47 Å². The average Bonchev–Trinajstić information content (AvgIpc) is 3.22. The summed E-state index contributed by atoms with van der Waals surface area (Å²) < 4.78 is 14.9. The fourth-order valence-corrected chi connectivity index (χ4v) is 5.96. The van der Waals surface area contributed by atoms with Crippen LogP contribution in [0.25, 0.3) is 22.4 Å². The molecule has 3 aromatic carbocycles. The minimum atomic E-state index is -0.126. The number of fused-ring (bicyclic) bond motifs is 3. The molecular weight excluding hydrogens is 418 g/mol. The number of benzene rings is 3. The molecule has 4 aromatic rings. The second kappa shape index (κ2) is 8.72. The summed E-state index contributed by atoms with van der Waals surface area (Å²) >= 11 is 0. The van der Waals surface area contributed by atoms with Crippen molar-refractivity contribution >= 4 is 0 Å². The maximum absolute atomic E-state index is 6.78. The van der Waals surface area contributed by atoms with E-state index in [-0.39, 0.29) is 6.10 Å². The third kappa shape index (κ3) is 3.42. The predicted molar refractivity (Wildman–Crippen MR) is 138 cm³/mol. The summed E-state index contributed by atoms with van der Waals surface area (Å²) in [6.45, 7) is 2.29. The van der Waals surface area contributed by atoms with Crippen molar-refractivity contribution in [2.45, 2.75) is 51.2 Å². The Bertz CT molecular complexity index is 1300. The molecule has 0 amide bonds. The highest BCUT2D eigenvalue weighted by atomic mass is 16.5. The summed E-state index contributed by atoms with van der Waals surface area (Å²) in [4.78, 5) is 0. The summed E-state index contributed by atoms with van der Waals surface area (Å²) in [5, 5.41) is 0. The van der Waals surface area contributed by atoms with Crippen molar-refractivity contribution in [1.29, 1.82) is 0 Å². The molecule has 1 aliphatic heterocycles. The van der Waals surface area contributed by atoms with E-state index in [4.69, 9.17) is 9.47 Å². The number of hydrogen-bond acceptors (Lipinski definition) is 2. The summed E-state index contributed by atoms with van der Waals surface area (Å²) in [6.07, 6.45) is 6.20. The molecule has 1 aromatic heterocycles. The topological polar surface area (TPSA) is 23.4 Å². The lowest BCUT2D eigenvalue weighted by molar-refractivity contribution is 0.223. The Balaban J connectivity index is 1.66. The molecule has 1 aliphatic carbocycles. The van der Waals surface area contributed by atoms with E-state index in [1.165, 1.54) is 71.3 Å². The molecule has 0 spiro atoms. The monoisotopic (exact) mass is 449 g/mol. The van der Waals surface area contributed by atoms with Gasteiger partial charge in [0.1, 0.15) is 11.5 Å². The summed E-state index contributed by atoms with van der Waals surface area (Å²) in [7, 11) is 1.72. The van der Waals surface area contributed by atoms with Gasteiger partial charge in [0.15, 0.2) is 6.10 Å². The third-order valence-corrected chi connectivity index (χ3v) is 7.54. The second-order valence-corrected chi connectivity index (χ2v) is 9.53. The summed E-state index contributed by atoms with van der Waals surface area (Å²) in [5.74, 6) is 1.85. The van der Waals surface area contributed by atoms with Crippen LogP contribution in [0.4, 0.5) is 0 Å². The highest BCUT2D eigenvalue weighted by molar-refractivity contribution is 5.85. The molecule has 0 bridgehead atoms. The molecule has 0 unspecified atom stereocenters. The van der Waals surface area contributed by atoms with Gasteiger partial charge in [-0.05, 0) is 66.8 Å². The first kappa shape index (κ1) is 21.1. The molecule has 3 nitrogen and oxygen atoms in total. The van der Waals surface area contributed by atoms with Gasteiger partial charge in [0.2, 0.25) is 0 Å². The fraction of sp³-hybridized carbons (Fsp3) is 0.290. The van der Waals surface area contributed by atoms with Crippen LogP contribution < -0.4 is 9.47 Å². The summed E-state index contributed by atoms with van der Waals surface area (Å²) in [6, 6.07) is 28.3. The smallest absolute Gasteiger partial charge is 0.164 e. The lowest BCUT2D eigenvalue weighted by Crippen LogP contribution is -2.23. The zero-order valence-electron chi connectivity index (χ0n) is 20.0. The molecule has 1 saturated carbocycles. The van der Waals surface area contributed by atoms with Crippen LogP contribution in [0, 0.1) is 6.92 Å². The Morgan fingerprint density at radius 2 is 1.53 bits per heavy atom. The number of methoxy groups -OCH3 is 1. The Kier molecular flexibility index (Phi) is 5.41. The van der Waals surface area contributed by atoms with Crippen LogP contribution >= 0.6 is 0 Å². The molecule has 6 rings (SSSR count). The zero-order valence-corrected chi connectivity index (χ0v) is 20.0. The highest BCUT2D eigenvalue weighted by Crippen LogP contribution is 2.52. The van der Waals surface area contributed by atoms with Gasteiger partial charge in [-0.25, -0.2) is 0 Å². The van der Waals surface area contributed by atoms with Crippen LogP contribution in [0.2, 0.25) is 0 Å². The maximum atomic E-state index is 6.78. The van der Waals surface area contributed by atoms with Crippen LogP contribution in [0.1, 0.15) is 61.1 Å². The number of para-hydroxylation sites is 1. The lowest BCUT2D eigenvalue weighted by Gasteiger charge is -2.33. The van der Waals surface area contributed by atoms with Gasteiger partial charge >= 0.3 is 0 Å². The van der Waals surface area contributed by atoms with Crippen LogP contribution in [-0.4, -0.2) is 11.7 Å². The van der Waals surface area contributed by atoms with Crippen LogP contribution in [0.15, 0.2) is 78.9 Å². The molecule has 0 N–H and O–H groups in total. The van der Waals surface area contributed by atoms with Crippen LogP contribution in [0.5, 0.6) is 11.5 Å². The van der Waals surface area contributed by atoms with Gasteiger partial charge in [-0.15, -0.1) is 0 Å². The zero-order chi connectivity index (χ0) is 23.1. The normalized spacial score (nSPS) is 17.5. The van der Waals surface area contributed by atoms with Crippen molar-refractivity contribution in [1.82, 2.24) is 4.57 Å². The first-order chi connectivity index (χ1) is 16.8. The first-order valence-corrected chi connectivity index (χ1v) is 12.5. The number of rotatable bonds is 4. The van der Waals surface area contributed by atoms with Gasteiger partial charge in [0.25, 0.3) is 0 Å². The minimum Gasteiger partial charge on any atom is -0.497 e. The average molecular weight is 450 g/mol. The van der Waals surface area contributed by atoms with Crippen LogP contribution in [-0.2, 0) is 0 Å². The summed E-state index contributed by atoms with van der Waals surface area (Å²) in [5.41, 5.74) is 8.94. The van der Waals surface area contributed by atoms with E-state index in [2.05, 4.69) is 90.4 Å². The quantitative estimate of drug-likeness (QED) is 0.314. The maximum Gasteiger partial charge on any atom is 0.164 e. The van der Waals surface area contributed by atoms with Gasteiger partial charge in [0.05, 0.1) is 18.5 Å². The van der Waals surface area contributed by atoms with Crippen molar-refractivity contribution in [3.8, 4) is 33.9 Å². The minimum absolute atomic E-state index is 0.126. The standard InChI is InChI=1S/C31H31NO2/c1-21-28-26-15-9-10-16-27(26)34-31(23-11-5-3-6-12-23)30(28)32(24-13-7-4-8-14-24)29(21)22-17-19-25(33-2)20-18-22/h3,5-6,9-12,15-20,24,31H,4,7-8,13-14H2,1-2H3/t31-/m0/s1. The first-order valence-electron chi connectivity index (χ1n) is 12.5. The molecule has 2 heterocycles. The third-order valence-electron chi connectivity index (χ3n) is 7.54. The Labute approximate surface area is 202 Å². The molecular formula is C31H31NO2. The van der Waals surface area contributed by atoms with E-state index in [0.29, 0.717) is 6.04 Å². The van der Waals surface area contributed by atoms with Crippen molar-refractivity contribution in [2.24, 2.45) is 0 Å². The predicted octanol–water partition coefficient (Wildman–Crippen LogP) is 8.13. The van der Waals surface area contributed by atoms with E-state index in [1.54, 1.807) is 7.11 Å². The van der Waals surface area contributed by atoms with Crippen LogP contribution in [0.3, 0.4) is 0 Å². The highest BCUT2D eigenvalue weighted by Gasteiger charge is 2.37. The van der Waals surface area contributed by atoms with Gasteiger partial charge in [0, 0.05) is 17.2 Å². The molecule has 1 fully saturated rings. The molecule has 34 heavy (non-hydrogen) atoms. The van der Waals surface area contributed by atoms with E-state index >= 15 is 0 Å². The number of aromatic nitrogens is 1. The Morgan fingerprint density at radius 1 is 0.824 bits per heavy atom. The number of hydrogen-bond donors (Lipinski definition) is 0. The van der Waals surface area contributed by atoms with E-state index in [9.17, 15) is 0 Å². The lowest BCUT2D eigenvalue weighted by atomic mass is 9.91. The number of ether oxygens (including phenoxy) is 2. The van der Waals surface area contributed by atoms with Crippen molar-refractivity contribution in [3.63, 3.8) is 0 Å². The van der Waals surface area contributed by atoms with E-state index in [0.717, 1.165) is 11.5 Å². The molecule has 3 heteroatoms. The van der Waals surface area contributed by atoms with Gasteiger partial charge in [-0.3, -0.25) is 0 Å². The SMILES string of the molecule is COc1ccc(-c2c(C)c3c(n2C2CCCCC2)[C@H](c2ccccc2)Oc2ccccc2-3)cc1.